The summed E-state index contributed by atoms with van der Waals surface area (Å²) in [5.74, 6) is 0.829. The Balaban J connectivity index is 1.75. The number of nitrogens with one attached hydrogen (secondary N) is 2. The molecule has 5 heteroatoms. The lowest BCUT2D eigenvalue weighted by Gasteiger charge is -2.03. The topological polar surface area (TPSA) is 44.5 Å². The van der Waals surface area contributed by atoms with Crippen LogP contribution in [0.1, 0.15) is 5.69 Å². The van der Waals surface area contributed by atoms with E-state index in [1.807, 2.05) is 60.7 Å². The summed E-state index contributed by atoms with van der Waals surface area (Å²) >= 11 is 12.2. The summed E-state index contributed by atoms with van der Waals surface area (Å²) in [5, 5.41) is 2.54. The van der Waals surface area contributed by atoms with E-state index in [1.165, 1.54) is 0 Å². The van der Waals surface area contributed by atoms with Crippen molar-refractivity contribution in [1.29, 1.82) is 0 Å². The SMILES string of the molecule is Cc1[nH]c2ccccc2c1-c1nc(-c2ccc(Cl)cc2)c(-c2ccc(Cl)cc2)[nH]1. The fraction of sp³-hybridized carbons (Fsp3) is 0.0417. The average Bonchev–Trinajstić information content (AvgIpc) is 3.29. The Labute approximate surface area is 178 Å². The summed E-state index contributed by atoms with van der Waals surface area (Å²) in [7, 11) is 0. The molecule has 0 saturated carbocycles. The normalized spacial score (nSPS) is 11.3. The molecule has 29 heavy (non-hydrogen) atoms. The summed E-state index contributed by atoms with van der Waals surface area (Å²) in [6, 6.07) is 23.8. The molecule has 0 aliphatic heterocycles. The first-order chi connectivity index (χ1) is 14.1. The number of nitrogens with zero attached hydrogens (tertiary/aromatic N) is 1. The van der Waals surface area contributed by atoms with Gasteiger partial charge in [-0.05, 0) is 37.3 Å². The highest BCUT2D eigenvalue weighted by Crippen LogP contribution is 2.37. The van der Waals surface area contributed by atoms with Crippen molar-refractivity contribution in [1.82, 2.24) is 15.0 Å². The first-order valence-corrected chi connectivity index (χ1v) is 10.1. The van der Waals surface area contributed by atoms with Crippen LogP contribution in [0.2, 0.25) is 10.0 Å². The molecule has 0 spiro atoms. The molecule has 0 atom stereocenters. The maximum Gasteiger partial charge on any atom is 0.140 e. The zero-order valence-corrected chi connectivity index (χ0v) is 17.1. The maximum atomic E-state index is 6.10. The minimum absolute atomic E-state index is 0.699. The second-order valence-corrected chi connectivity index (χ2v) is 7.87. The highest BCUT2D eigenvalue weighted by atomic mass is 35.5. The van der Waals surface area contributed by atoms with Gasteiger partial charge in [0.15, 0.2) is 0 Å². The van der Waals surface area contributed by atoms with Gasteiger partial charge in [-0.2, -0.15) is 0 Å². The van der Waals surface area contributed by atoms with E-state index in [2.05, 4.69) is 29.0 Å². The van der Waals surface area contributed by atoms with Gasteiger partial charge < -0.3 is 9.97 Å². The second kappa shape index (κ2) is 7.11. The van der Waals surface area contributed by atoms with Gasteiger partial charge in [-0.15, -0.1) is 0 Å². The van der Waals surface area contributed by atoms with Gasteiger partial charge in [0.25, 0.3) is 0 Å². The lowest BCUT2D eigenvalue weighted by atomic mass is 10.1. The Morgan fingerprint density at radius 1 is 0.724 bits per heavy atom. The zero-order chi connectivity index (χ0) is 20.0. The van der Waals surface area contributed by atoms with Gasteiger partial charge >= 0.3 is 0 Å². The van der Waals surface area contributed by atoms with Crippen LogP contribution in [-0.2, 0) is 0 Å². The third-order valence-electron chi connectivity index (χ3n) is 5.08. The van der Waals surface area contributed by atoms with E-state index in [0.29, 0.717) is 10.0 Å². The Kier molecular flexibility index (Phi) is 4.42. The standard InChI is InChI=1S/C24H17Cl2N3/c1-14-21(19-4-2-3-5-20(19)27-14)24-28-22(15-6-10-17(25)11-7-15)23(29-24)16-8-12-18(26)13-9-16/h2-13,27H,1H3,(H,28,29). The van der Waals surface area contributed by atoms with Crippen LogP contribution in [0, 0.1) is 6.92 Å². The number of aromatic nitrogens is 3. The molecular weight excluding hydrogens is 401 g/mol. The number of aryl methyl sites for hydroxylation is 1. The minimum Gasteiger partial charge on any atom is -0.358 e. The Morgan fingerprint density at radius 2 is 1.34 bits per heavy atom. The Hall–Kier alpha value is -3.01. The lowest BCUT2D eigenvalue weighted by molar-refractivity contribution is 1.25. The molecule has 5 aromatic rings. The second-order valence-electron chi connectivity index (χ2n) is 6.99. The van der Waals surface area contributed by atoms with Crippen molar-refractivity contribution in [2.45, 2.75) is 6.92 Å². The van der Waals surface area contributed by atoms with Crippen molar-refractivity contribution in [2.24, 2.45) is 0 Å². The van der Waals surface area contributed by atoms with Crippen molar-refractivity contribution < 1.29 is 0 Å². The lowest BCUT2D eigenvalue weighted by Crippen LogP contribution is -1.83. The van der Waals surface area contributed by atoms with Crippen LogP contribution < -0.4 is 0 Å². The predicted molar refractivity (Wildman–Crippen MR) is 122 cm³/mol. The summed E-state index contributed by atoms with van der Waals surface area (Å²) < 4.78 is 0. The van der Waals surface area contributed by atoms with Crippen LogP contribution in [0.4, 0.5) is 0 Å². The van der Waals surface area contributed by atoms with E-state index in [4.69, 9.17) is 28.2 Å². The molecular formula is C24H17Cl2N3. The molecule has 0 fully saturated rings. The number of para-hydroxylation sites is 1. The number of halogens is 2. The van der Waals surface area contributed by atoms with Gasteiger partial charge in [-0.3, -0.25) is 0 Å². The highest BCUT2D eigenvalue weighted by molar-refractivity contribution is 6.31. The summed E-state index contributed by atoms with van der Waals surface area (Å²) in [6.45, 7) is 2.07. The van der Waals surface area contributed by atoms with Gasteiger partial charge in [-0.1, -0.05) is 65.7 Å². The van der Waals surface area contributed by atoms with Crippen LogP contribution in [-0.4, -0.2) is 15.0 Å². The van der Waals surface area contributed by atoms with E-state index in [1.54, 1.807) is 0 Å². The molecule has 3 aromatic carbocycles. The fourth-order valence-corrected chi connectivity index (χ4v) is 3.97. The predicted octanol–water partition coefficient (Wildman–Crippen LogP) is 7.51. The van der Waals surface area contributed by atoms with E-state index >= 15 is 0 Å². The Morgan fingerprint density at radius 3 is 2.03 bits per heavy atom. The monoisotopic (exact) mass is 417 g/mol. The number of aromatic amines is 2. The quantitative estimate of drug-likeness (QED) is 0.313. The van der Waals surface area contributed by atoms with Crippen LogP contribution in [0.5, 0.6) is 0 Å². The van der Waals surface area contributed by atoms with Gasteiger partial charge in [0, 0.05) is 43.3 Å². The van der Waals surface area contributed by atoms with E-state index in [9.17, 15) is 0 Å². The molecule has 0 aliphatic rings. The first-order valence-electron chi connectivity index (χ1n) is 9.30. The maximum absolute atomic E-state index is 6.10. The van der Waals surface area contributed by atoms with E-state index in [-0.39, 0.29) is 0 Å². The van der Waals surface area contributed by atoms with Crippen molar-refractivity contribution in [3.8, 4) is 33.9 Å². The van der Waals surface area contributed by atoms with Crippen LogP contribution in [0.25, 0.3) is 44.8 Å². The number of imidazole rings is 1. The van der Waals surface area contributed by atoms with Crippen LogP contribution in [0.15, 0.2) is 72.8 Å². The summed E-state index contributed by atoms with van der Waals surface area (Å²) in [4.78, 5) is 12.0. The molecule has 0 bridgehead atoms. The molecule has 0 unspecified atom stereocenters. The summed E-state index contributed by atoms with van der Waals surface area (Å²) in [6.07, 6.45) is 0. The fourth-order valence-electron chi connectivity index (χ4n) is 3.72. The molecule has 0 radical (unpaired) electrons. The number of H-pyrrole nitrogens is 2. The van der Waals surface area contributed by atoms with Gasteiger partial charge in [0.05, 0.1) is 11.4 Å². The molecule has 0 saturated heterocycles. The van der Waals surface area contributed by atoms with Gasteiger partial charge in [-0.25, -0.2) is 4.98 Å². The van der Waals surface area contributed by atoms with E-state index < -0.39 is 0 Å². The molecule has 5 rings (SSSR count). The van der Waals surface area contributed by atoms with Crippen molar-refractivity contribution >= 4 is 34.1 Å². The van der Waals surface area contributed by atoms with Gasteiger partial charge in [0.2, 0.25) is 0 Å². The minimum atomic E-state index is 0.699. The molecule has 2 heterocycles. The number of rotatable bonds is 3. The number of benzene rings is 3. The molecule has 3 nitrogen and oxygen atoms in total. The molecule has 0 amide bonds. The highest BCUT2D eigenvalue weighted by Gasteiger charge is 2.19. The van der Waals surface area contributed by atoms with E-state index in [0.717, 1.165) is 50.5 Å². The number of hydrogen-bond donors (Lipinski definition) is 2. The smallest absolute Gasteiger partial charge is 0.140 e. The zero-order valence-electron chi connectivity index (χ0n) is 15.6. The first kappa shape index (κ1) is 18.0. The third kappa shape index (κ3) is 3.23. The molecule has 2 N–H and O–H groups in total. The van der Waals surface area contributed by atoms with Crippen molar-refractivity contribution in [2.75, 3.05) is 0 Å². The molecule has 142 valence electrons. The number of fused-ring (bicyclic) bond motifs is 1. The number of hydrogen-bond acceptors (Lipinski definition) is 1. The summed E-state index contributed by atoms with van der Waals surface area (Å²) in [5.41, 5.74) is 7.10. The van der Waals surface area contributed by atoms with Gasteiger partial charge in [0.1, 0.15) is 5.82 Å². The average molecular weight is 418 g/mol. The van der Waals surface area contributed by atoms with Crippen molar-refractivity contribution in [3.63, 3.8) is 0 Å². The van der Waals surface area contributed by atoms with Crippen molar-refractivity contribution in [3.05, 3.63) is 88.5 Å². The molecule has 2 aromatic heterocycles. The van der Waals surface area contributed by atoms with Crippen LogP contribution in [0.3, 0.4) is 0 Å². The molecule has 0 aliphatic carbocycles. The largest absolute Gasteiger partial charge is 0.358 e. The Bertz CT molecular complexity index is 1250. The van der Waals surface area contributed by atoms with Crippen LogP contribution >= 0.6 is 23.2 Å². The third-order valence-corrected chi connectivity index (χ3v) is 5.59.